The molecule has 0 bridgehead atoms. The molecule has 0 saturated carbocycles. The molecule has 0 radical (unpaired) electrons. The largest absolute Gasteiger partial charge is 0.503 e. The maximum absolute atomic E-state index is 10.6. The number of ether oxygens (including phenoxy) is 2. The fraction of sp³-hybridized carbons (Fsp3) is 0.0270. The van der Waals surface area contributed by atoms with Gasteiger partial charge >= 0.3 is 0 Å². The highest BCUT2D eigenvalue weighted by Crippen LogP contribution is 2.51. The first-order chi connectivity index (χ1) is 21.0. The number of hydrogen-bond acceptors (Lipinski definition) is 6. The molecule has 1 aliphatic carbocycles. The summed E-state index contributed by atoms with van der Waals surface area (Å²) in [5, 5.41) is 21.3. The predicted octanol–water partition coefficient (Wildman–Crippen LogP) is 8.75. The Bertz CT molecular complexity index is 2020. The Morgan fingerprint density at radius 2 is 0.930 bits per heavy atom. The molecule has 6 aromatic carbocycles. The second kappa shape index (κ2) is 10.5. The van der Waals surface area contributed by atoms with Gasteiger partial charge in [-0.05, 0) is 76.2 Å². The van der Waals surface area contributed by atoms with E-state index in [9.17, 15) is 10.2 Å². The van der Waals surface area contributed by atoms with Crippen molar-refractivity contribution in [1.29, 1.82) is 0 Å². The molecule has 6 N–H and O–H groups in total. The van der Waals surface area contributed by atoms with Gasteiger partial charge in [0.2, 0.25) is 0 Å². The molecule has 7 rings (SSSR count). The van der Waals surface area contributed by atoms with Crippen molar-refractivity contribution >= 4 is 11.4 Å². The number of nitrogen functional groups attached to an aromatic ring is 2. The van der Waals surface area contributed by atoms with E-state index in [-0.39, 0.29) is 34.4 Å². The Labute approximate surface area is 249 Å². The number of phenolic OH excluding ortho intramolecular Hbond substituents is 2. The molecule has 0 atom stereocenters. The third kappa shape index (κ3) is 4.55. The van der Waals surface area contributed by atoms with Crippen LogP contribution in [-0.2, 0) is 6.42 Å². The number of benzene rings is 6. The van der Waals surface area contributed by atoms with E-state index in [0.29, 0.717) is 11.5 Å². The van der Waals surface area contributed by atoms with E-state index < -0.39 is 0 Å². The van der Waals surface area contributed by atoms with E-state index in [0.717, 1.165) is 39.8 Å². The molecule has 6 nitrogen and oxygen atoms in total. The van der Waals surface area contributed by atoms with Crippen molar-refractivity contribution in [1.82, 2.24) is 0 Å². The molecule has 0 unspecified atom stereocenters. The molecule has 1 aliphatic rings. The van der Waals surface area contributed by atoms with Gasteiger partial charge in [0.1, 0.15) is 11.5 Å². The lowest BCUT2D eigenvalue weighted by molar-refractivity contribution is 0.414. The maximum Gasteiger partial charge on any atom is 0.181 e. The molecule has 0 amide bonds. The zero-order valence-corrected chi connectivity index (χ0v) is 23.1. The van der Waals surface area contributed by atoms with Gasteiger partial charge < -0.3 is 31.2 Å². The summed E-state index contributed by atoms with van der Waals surface area (Å²) in [6, 6.07) is 38.3. The lowest BCUT2D eigenvalue weighted by Gasteiger charge is -2.21. The quantitative estimate of drug-likeness (QED) is 0.119. The minimum Gasteiger partial charge on any atom is -0.503 e. The van der Waals surface area contributed by atoms with Crippen LogP contribution in [0.3, 0.4) is 0 Å². The second-order valence-corrected chi connectivity index (χ2v) is 10.4. The average molecular weight is 565 g/mol. The standard InChI is InChI=1S/C37H28N2O4/c38-29-13-7-17-33(36(29)40)42-31-15-5-3-11-25(31)26-20-19-24-23-10-2-1-9-22(23)21-28(24)35(26)27-12-4-6-16-32(27)43-34-18-8-14-30(39)37(34)41/h1-20,40-41H,21,38-39H2. The van der Waals surface area contributed by atoms with Crippen molar-refractivity contribution in [2.45, 2.75) is 6.42 Å². The molecule has 0 fully saturated rings. The SMILES string of the molecule is Nc1cccc(Oc2ccccc2-c2ccc3c(c2-c2ccccc2Oc2cccc(N)c2O)Cc2ccccc2-3)c1O. The van der Waals surface area contributed by atoms with E-state index in [2.05, 4.69) is 36.4 Å². The van der Waals surface area contributed by atoms with Crippen molar-refractivity contribution < 1.29 is 19.7 Å². The Morgan fingerprint density at radius 3 is 1.58 bits per heavy atom. The maximum atomic E-state index is 10.6. The minimum atomic E-state index is -0.109. The number of anilines is 2. The third-order valence-corrected chi connectivity index (χ3v) is 7.82. The highest BCUT2D eigenvalue weighted by molar-refractivity contribution is 5.96. The molecular formula is C37H28N2O4. The first-order valence-electron chi connectivity index (χ1n) is 13.9. The van der Waals surface area contributed by atoms with Crippen LogP contribution in [0.5, 0.6) is 34.5 Å². The molecule has 6 aromatic rings. The molecule has 43 heavy (non-hydrogen) atoms. The van der Waals surface area contributed by atoms with Crippen LogP contribution in [0.25, 0.3) is 33.4 Å². The lowest BCUT2D eigenvalue weighted by Crippen LogP contribution is -1.98. The fourth-order valence-electron chi connectivity index (χ4n) is 5.76. The van der Waals surface area contributed by atoms with Crippen molar-refractivity contribution in [3.63, 3.8) is 0 Å². The zero-order chi connectivity index (χ0) is 29.5. The van der Waals surface area contributed by atoms with E-state index >= 15 is 0 Å². The van der Waals surface area contributed by atoms with Gasteiger partial charge in [0.25, 0.3) is 0 Å². The lowest BCUT2D eigenvalue weighted by atomic mass is 9.87. The van der Waals surface area contributed by atoms with E-state index in [4.69, 9.17) is 20.9 Å². The highest BCUT2D eigenvalue weighted by atomic mass is 16.5. The number of rotatable bonds is 6. The van der Waals surface area contributed by atoms with Gasteiger partial charge in [0.05, 0.1) is 11.4 Å². The van der Waals surface area contributed by atoms with Gasteiger partial charge in [0, 0.05) is 11.1 Å². The molecule has 210 valence electrons. The average Bonchev–Trinajstić information content (AvgIpc) is 3.41. The first kappa shape index (κ1) is 26.0. The Hall–Kier alpha value is -5.88. The molecule has 0 aromatic heterocycles. The van der Waals surface area contributed by atoms with Crippen LogP contribution >= 0.6 is 0 Å². The number of para-hydroxylation sites is 4. The predicted molar refractivity (Wildman–Crippen MR) is 171 cm³/mol. The summed E-state index contributed by atoms with van der Waals surface area (Å²) < 4.78 is 12.6. The van der Waals surface area contributed by atoms with Gasteiger partial charge in [0.15, 0.2) is 23.0 Å². The van der Waals surface area contributed by atoms with Gasteiger partial charge in [-0.25, -0.2) is 0 Å². The second-order valence-electron chi connectivity index (χ2n) is 10.4. The van der Waals surface area contributed by atoms with Gasteiger partial charge in [-0.1, -0.05) is 84.9 Å². The van der Waals surface area contributed by atoms with Crippen LogP contribution in [0.2, 0.25) is 0 Å². The summed E-state index contributed by atoms with van der Waals surface area (Å²) >= 11 is 0. The summed E-state index contributed by atoms with van der Waals surface area (Å²) in [6.07, 6.45) is 0.742. The van der Waals surface area contributed by atoms with E-state index in [1.165, 1.54) is 11.1 Å². The van der Waals surface area contributed by atoms with Crippen molar-refractivity contribution in [2.75, 3.05) is 11.5 Å². The van der Waals surface area contributed by atoms with Crippen LogP contribution in [0.15, 0.2) is 121 Å². The Kier molecular flexibility index (Phi) is 6.36. The number of fused-ring (bicyclic) bond motifs is 3. The van der Waals surface area contributed by atoms with Crippen molar-refractivity contribution in [2.24, 2.45) is 0 Å². The van der Waals surface area contributed by atoms with E-state index in [1.807, 2.05) is 48.5 Å². The Morgan fingerprint density at radius 1 is 0.442 bits per heavy atom. The topological polar surface area (TPSA) is 111 Å². The fourth-order valence-corrected chi connectivity index (χ4v) is 5.76. The summed E-state index contributed by atoms with van der Waals surface area (Å²) in [5.41, 5.74) is 20.8. The van der Waals surface area contributed by atoms with Crippen LogP contribution in [0.4, 0.5) is 11.4 Å². The van der Waals surface area contributed by atoms with Crippen LogP contribution in [0.1, 0.15) is 11.1 Å². The Balaban J connectivity index is 1.44. The van der Waals surface area contributed by atoms with E-state index in [1.54, 1.807) is 36.4 Å². The summed E-state index contributed by atoms with van der Waals surface area (Å²) in [4.78, 5) is 0. The van der Waals surface area contributed by atoms with Crippen molar-refractivity contribution in [3.05, 3.63) is 132 Å². The molecular weight excluding hydrogens is 536 g/mol. The van der Waals surface area contributed by atoms with Crippen LogP contribution in [-0.4, -0.2) is 10.2 Å². The highest BCUT2D eigenvalue weighted by Gasteiger charge is 2.27. The summed E-state index contributed by atoms with van der Waals surface area (Å²) in [6.45, 7) is 0. The molecule has 0 aliphatic heterocycles. The van der Waals surface area contributed by atoms with Gasteiger partial charge in [-0.15, -0.1) is 0 Å². The smallest absolute Gasteiger partial charge is 0.181 e. The molecule has 0 heterocycles. The summed E-state index contributed by atoms with van der Waals surface area (Å²) in [5.74, 6) is 1.45. The molecule has 0 saturated heterocycles. The van der Waals surface area contributed by atoms with Gasteiger partial charge in [-0.2, -0.15) is 0 Å². The monoisotopic (exact) mass is 564 g/mol. The van der Waals surface area contributed by atoms with Gasteiger partial charge in [-0.3, -0.25) is 0 Å². The number of aromatic hydroxyl groups is 2. The summed E-state index contributed by atoms with van der Waals surface area (Å²) in [7, 11) is 0. The normalized spacial score (nSPS) is 11.5. The minimum absolute atomic E-state index is 0.107. The molecule has 0 spiro atoms. The third-order valence-electron chi connectivity index (χ3n) is 7.82. The number of nitrogens with two attached hydrogens (primary N) is 2. The van der Waals surface area contributed by atoms with Crippen LogP contribution in [0, 0.1) is 0 Å². The van der Waals surface area contributed by atoms with Crippen molar-refractivity contribution in [3.8, 4) is 67.9 Å². The van der Waals surface area contributed by atoms with Crippen LogP contribution < -0.4 is 20.9 Å². The molecule has 6 heteroatoms. The first-order valence-corrected chi connectivity index (χ1v) is 13.9. The number of hydrogen-bond donors (Lipinski definition) is 4. The number of phenols is 2. The zero-order valence-electron chi connectivity index (χ0n) is 23.1.